The van der Waals surface area contributed by atoms with Gasteiger partial charge in [-0.2, -0.15) is 13.2 Å². The van der Waals surface area contributed by atoms with E-state index >= 15 is 0 Å². The third-order valence-electron chi connectivity index (χ3n) is 6.47. The zero-order chi connectivity index (χ0) is 30.4. The van der Waals surface area contributed by atoms with Crippen molar-refractivity contribution in [2.24, 2.45) is 0 Å². The highest BCUT2D eigenvalue weighted by molar-refractivity contribution is 6.33. The van der Waals surface area contributed by atoms with Crippen molar-refractivity contribution in [2.75, 3.05) is 0 Å². The number of nitrogens with one attached hydrogen (secondary N) is 1. The van der Waals surface area contributed by atoms with Crippen molar-refractivity contribution in [1.29, 1.82) is 0 Å². The Morgan fingerprint density at radius 2 is 1.81 bits per heavy atom. The van der Waals surface area contributed by atoms with E-state index in [4.69, 9.17) is 23.2 Å². The second kappa shape index (κ2) is 11.1. The van der Waals surface area contributed by atoms with Crippen LogP contribution in [0.4, 0.5) is 22.0 Å². The molecule has 17 heteroatoms. The van der Waals surface area contributed by atoms with E-state index < -0.39 is 61.8 Å². The number of benzene rings is 2. The molecule has 1 aliphatic carbocycles. The number of aliphatic hydroxyl groups excluding tert-OH is 1. The van der Waals surface area contributed by atoms with E-state index in [9.17, 15) is 36.6 Å². The summed E-state index contributed by atoms with van der Waals surface area (Å²) in [4.78, 5) is 30.1. The highest BCUT2D eigenvalue weighted by atomic mass is 35.5. The molecule has 0 aliphatic heterocycles. The van der Waals surface area contributed by atoms with Crippen LogP contribution in [0.25, 0.3) is 17.1 Å². The van der Waals surface area contributed by atoms with Gasteiger partial charge in [0.1, 0.15) is 12.9 Å². The molecule has 1 atom stereocenters. The largest absolute Gasteiger partial charge is 0.416 e. The summed E-state index contributed by atoms with van der Waals surface area (Å²) < 4.78 is 68.4. The molecule has 2 N–H and O–H groups in total. The van der Waals surface area contributed by atoms with Gasteiger partial charge in [-0.3, -0.25) is 9.36 Å². The van der Waals surface area contributed by atoms with Crippen LogP contribution in [-0.4, -0.2) is 64.4 Å². The molecule has 1 saturated carbocycles. The van der Waals surface area contributed by atoms with E-state index in [-0.39, 0.29) is 33.5 Å². The van der Waals surface area contributed by atoms with Gasteiger partial charge < -0.3 is 10.4 Å². The Kier molecular flexibility index (Phi) is 7.85. The molecule has 0 saturated heterocycles. The first-order valence-electron chi connectivity index (χ1n) is 12.3. The van der Waals surface area contributed by atoms with E-state index in [2.05, 4.69) is 20.5 Å². The van der Waals surface area contributed by atoms with Crippen molar-refractivity contribution in [3.63, 3.8) is 0 Å². The molecule has 2 aromatic heterocycles. The molecule has 0 radical (unpaired) electrons. The number of amides is 1. The summed E-state index contributed by atoms with van der Waals surface area (Å²) in [7, 11) is 0. The highest BCUT2D eigenvalue weighted by Crippen LogP contribution is 2.37. The molecule has 2 aromatic carbocycles. The number of aliphatic hydroxyl groups is 1. The number of para-hydroxylation sites is 1. The summed E-state index contributed by atoms with van der Waals surface area (Å²) in [5, 5.41) is 21.0. The van der Waals surface area contributed by atoms with Crippen LogP contribution in [0.15, 0.2) is 53.6 Å². The minimum atomic E-state index is -4.99. The quantitative estimate of drug-likeness (QED) is 0.283. The van der Waals surface area contributed by atoms with Crippen LogP contribution in [0, 0.1) is 0 Å². The highest BCUT2D eigenvalue weighted by Gasteiger charge is 2.46. The summed E-state index contributed by atoms with van der Waals surface area (Å²) in [6.45, 7) is -1.52. The zero-order valence-corrected chi connectivity index (χ0v) is 22.7. The zero-order valence-electron chi connectivity index (χ0n) is 21.2. The SMILES string of the molecule is O=C(NC1CC(F)(F)C1)c1cccc(Cl)c1-n1cnc(Cn2nc(-c3ccc(Cl)cc3)n(C[C@H](O)C(F)(F)F)c2=O)n1. The standard InChI is InChI=1S/C25H20Cl2F5N7O3/c26-14-6-4-13(5-7-14)21-36-38(23(42)37(21)10-18(40)25(30,31)32)11-19-33-12-39(35-19)20-16(2-1-3-17(20)27)22(41)34-15-8-24(28,29)9-15/h1-7,12,15,18,40H,8-11H2,(H,34,41)/t18-/m0/s1. The van der Waals surface area contributed by atoms with Gasteiger partial charge in [-0.05, 0) is 36.4 Å². The van der Waals surface area contributed by atoms with Gasteiger partial charge in [-0.15, -0.1) is 10.2 Å². The number of carbonyl (C=O) groups excluding carboxylic acids is 1. The van der Waals surface area contributed by atoms with E-state index in [1.807, 2.05) is 0 Å². The molecule has 0 unspecified atom stereocenters. The topological polar surface area (TPSA) is 120 Å². The second-order valence-electron chi connectivity index (χ2n) is 9.61. The summed E-state index contributed by atoms with van der Waals surface area (Å²) in [6.07, 6.45) is -7.60. The minimum Gasteiger partial charge on any atom is -0.382 e. The maximum absolute atomic E-state index is 13.2. The Morgan fingerprint density at radius 3 is 2.45 bits per heavy atom. The molecule has 10 nitrogen and oxygen atoms in total. The van der Waals surface area contributed by atoms with Crippen LogP contribution in [0.1, 0.15) is 29.0 Å². The molecular formula is C25H20Cl2F5N7O3. The number of alkyl halides is 5. The van der Waals surface area contributed by atoms with Crippen molar-refractivity contribution in [3.8, 4) is 17.1 Å². The minimum absolute atomic E-state index is 0.0225. The monoisotopic (exact) mass is 631 g/mol. The Hall–Kier alpha value is -3.82. The number of rotatable bonds is 8. The fraction of sp³-hybridized carbons (Fsp3) is 0.320. The van der Waals surface area contributed by atoms with Crippen molar-refractivity contribution < 1.29 is 31.9 Å². The smallest absolute Gasteiger partial charge is 0.382 e. The molecule has 1 aliphatic rings. The van der Waals surface area contributed by atoms with Gasteiger partial charge >= 0.3 is 11.9 Å². The lowest BCUT2D eigenvalue weighted by atomic mass is 9.88. The van der Waals surface area contributed by atoms with Crippen LogP contribution in [0.5, 0.6) is 0 Å². The molecule has 0 spiro atoms. The van der Waals surface area contributed by atoms with Gasteiger partial charge in [-0.25, -0.2) is 27.9 Å². The fourth-order valence-corrected chi connectivity index (χ4v) is 4.75. The lowest BCUT2D eigenvalue weighted by molar-refractivity contribution is -0.207. The van der Waals surface area contributed by atoms with Crippen molar-refractivity contribution >= 4 is 29.1 Å². The fourth-order valence-electron chi connectivity index (χ4n) is 4.37. The number of hydrogen-bond donors (Lipinski definition) is 2. The van der Waals surface area contributed by atoms with E-state index in [1.54, 1.807) is 0 Å². The van der Waals surface area contributed by atoms with Gasteiger partial charge in [0.25, 0.3) is 11.8 Å². The number of nitrogens with zero attached hydrogens (tertiary/aromatic N) is 6. The van der Waals surface area contributed by atoms with Gasteiger partial charge in [-0.1, -0.05) is 29.3 Å². The van der Waals surface area contributed by atoms with Crippen LogP contribution in [-0.2, 0) is 13.1 Å². The normalized spacial score (nSPS) is 15.8. The molecule has 0 bridgehead atoms. The molecule has 2 heterocycles. The summed E-state index contributed by atoms with van der Waals surface area (Å²) in [6, 6.07) is 9.50. The summed E-state index contributed by atoms with van der Waals surface area (Å²) in [5.74, 6) is -3.67. The summed E-state index contributed by atoms with van der Waals surface area (Å²) in [5.41, 5.74) is -0.593. The third-order valence-corrected chi connectivity index (χ3v) is 7.03. The lowest BCUT2D eigenvalue weighted by Gasteiger charge is -2.35. The molecule has 222 valence electrons. The average molecular weight is 632 g/mol. The second-order valence-corrected chi connectivity index (χ2v) is 10.5. The maximum atomic E-state index is 13.2. The van der Waals surface area contributed by atoms with Gasteiger partial charge in [0.15, 0.2) is 17.8 Å². The maximum Gasteiger partial charge on any atom is 0.416 e. The molecule has 4 aromatic rings. The Balaban J connectivity index is 1.44. The van der Waals surface area contributed by atoms with E-state index in [0.717, 1.165) is 9.36 Å². The van der Waals surface area contributed by atoms with Crippen LogP contribution in [0.2, 0.25) is 10.0 Å². The third kappa shape index (κ3) is 6.17. The predicted molar refractivity (Wildman–Crippen MR) is 140 cm³/mol. The molecule has 1 amide bonds. The number of hydrogen-bond acceptors (Lipinski definition) is 6. The first-order chi connectivity index (χ1) is 19.7. The van der Waals surface area contributed by atoms with E-state index in [0.29, 0.717) is 9.59 Å². The van der Waals surface area contributed by atoms with Crippen molar-refractivity contribution in [2.45, 2.75) is 50.2 Å². The average Bonchev–Trinajstić information content (AvgIpc) is 3.47. The number of carbonyl (C=O) groups is 1. The number of aromatic nitrogens is 6. The first-order valence-corrected chi connectivity index (χ1v) is 13.0. The van der Waals surface area contributed by atoms with E-state index in [1.165, 1.54) is 48.8 Å². The predicted octanol–water partition coefficient (Wildman–Crippen LogP) is 4.10. The first kappa shape index (κ1) is 29.7. The van der Waals surface area contributed by atoms with Gasteiger partial charge in [0, 0.05) is 29.5 Å². The molecule has 1 fully saturated rings. The van der Waals surface area contributed by atoms with Crippen LogP contribution in [0.3, 0.4) is 0 Å². The van der Waals surface area contributed by atoms with Crippen molar-refractivity contribution in [3.05, 3.63) is 80.7 Å². The number of halogens is 7. The van der Waals surface area contributed by atoms with Gasteiger partial charge in [0.2, 0.25) is 0 Å². The van der Waals surface area contributed by atoms with Crippen LogP contribution < -0.4 is 11.0 Å². The molecule has 42 heavy (non-hydrogen) atoms. The Morgan fingerprint density at radius 1 is 1.12 bits per heavy atom. The van der Waals surface area contributed by atoms with Gasteiger partial charge in [0.05, 0.1) is 22.8 Å². The van der Waals surface area contributed by atoms with Crippen LogP contribution >= 0.6 is 23.2 Å². The Labute approximate surface area is 243 Å². The molecule has 5 rings (SSSR count). The summed E-state index contributed by atoms with van der Waals surface area (Å²) >= 11 is 12.2. The Bertz CT molecular complexity index is 1680. The molecular weight excluding hydrogens is 612 g/mol. The van der Waals surface area contributed by atoms with Crippen molar-refractivity contribution in [1.82, 2.24) is 34.4 Å². The lowest BCUT2D eigenvalue weighted by Crippen LogP contribution is -2.50.